The van der Waals surface area contributed by atoms with Crippen molar-refractivity contribution in [3.8, 4) is 0 Å². The number of benzene rings is 1. The van der Waals surface area contributed by atoms with Crippen molar-refractivity contribution in [1.82, 2.24) is 9.55 Å². The van der Waals surface area contributed by atoms with Crippen molar-refractivity contribution >= 4 is 27.0 Å². The maximum atomic E-state index is 5.61. The molecule has 2 N–H and O–H groups in total. The number of para-hydroxylation sites is 1. The summed E-state index contributed by atoms with van der Waals surface area (Å²) in [5.74, 6) is 1.10. The van der Waals surface area contributed by atoms with Crippen LogP contribution < -0.4 is 5.73 Å². The highest BCUT2D eigenvalue weighted by Crippen LogP contribution is 2.24. The predicted molar refractivity (Wildman–Crippen MR) is 65.9 cm³/mol. The third-order valence-corrected chi connectivity index (χ3v) is 3.12. The Morgan fingerprint density at radius 2 is 2.27 bits per heavy atom. The molecule has 0 saturated heterocycles. The van der Waals surface area contributed by atoms with Crippen LogP contribution >= 0.6 is 15.9 Å². The molecule has 2 rings (SSSR count). The molecule has 1 aromatic heterocycles. The summed E-state index contributed by atoms with van der Waals surface area (Å²) in [5, 5.41) is 0. The Bertz CT molecular complexity index is 476. The zero-order chi connectivity index (χ0) is 10.8. The van der Waals surface area contributed by atoms with Crippen molar-refractivity contribution < 1.29 is 0 Å². The van der Waals surface area contributed by atoms with E-state index in [9.17, 15) is 0 Å². The molecule has 80 valence electrons. The quantitative estimate of drug-likeness (QED) is 0.928. The lowest BCUT2D eigenvalue weighted by atomic mass is 10.3. The molecule has 0 fully saturated rings. The third-order valence-electron chi connectivity index (χ3n) is 2.48. The van der Waals surface area contributed by atoms with E-state index in [0.717, 1.165) is 34.3 Å². The lowest BCUT2D eigenvalue weighted by Crippen LogP contribution is -2.12. The number of hydrogen-bond donors (Lipinski definition) is 1. The lowest BCUT2D eigenvalue weighted by Gasteiger charge is -2.05. The van der Waals surface area contributed by atoms with Gasteiger partial charge in [-0.15, -0.1) is 0 Å². The van der Waals surface area contributed by atoms with E-state index >= 15 is 0 Å². The number of imidazole rings is 1. The Balaban J connectivity index is 2.68. The van der Waals surface area contributed by atoms with Gasteiger partial charge in [-0.05, 0) is 28.1 Å². The van der Waals surface area contributed by atoms with Gasteiger partial charge >= 0.3 is 0 Å². The number of nitrogens with two attached hydrogens (primary N) is 1. The van der Waals surface area contributed by atoms with Crippen LogP contribution in [0.5, 0.6) is 0 Å². The highest BCUT2D eigenvalue weighted by atomic mass is 79.9. The second-order valence-electron chi connectivity index (χ2n) is 3.43. The number of aryl methyl sites for hydroxylation is 1. The van der Waals surface area contributed by atoms with Crippen molar-refractivity contribution in [2.75, 3.05) is 6.54 Å². The second kappa shape index (κ2) is 4.33. The molecule has 0 atom stereocenters. The Morgan fingerprint density at radius 1 is 1.47 bits per heavy atom. The molecule has 0 unspecified atom stereocenters. The zero-order valence-electron chi connectivity index (χ0n) is 8.70. The Morgan fingerprint density at radius 3 is 2.93 bits per heavy atom. The fraction of sp³-hybridized carbons (Fsp3) is 0.364. The van der Waals surface area contributed by atoms with E-state index in [1.54, 1.807) is 0 Å². The molecular weight excluding hydrogens is 254 g/mol. The summed E-state index contributed by atoms with van der Waals surface area (Å²) < 4.78 is 3.24. The lowest BCUT2D eigenvalue weighted by molar-refractivity contribution is 0.684. The number of rotatable bonds is 3. The number of nitrogens with zero attached hydrogens (tertiary/aromatic N) is 2. The molecule has 0 amide bonds. The highest BCUT2D eigenvalue weighted by Gasteiger charge is 2.10. The summed E-state index contributed by atoms with van der Waals surface area (Å²) in [5.41, 5.74) is 7.80. The van der Waals surface area contributed by atoms with Crippen LogP contribution in [0.4, 0.5) is 0 Å². The molecule has 0 radical (unpaired) electrons. The zero-order valence-corrected chi connectivity index (χ0v) is 10.3. The van der Waals surface area contributed by atoms with E-state index in [1.165, 1.54) is 0 Å². The number of fused-ring (bicyclic) bond motifs is 1. The van der Waals surface area contributed by atoms with Gasteiger partial charge in [0.2, 0.25) is 0 Å². The number of aromatic nitrogens is 2. The normalized spacial score (nSPS) is 11.1. The van der Waals surface area contributed by atoms with Gasteiger partial charge in [0.1, 0.15) is 11.3 Å². The molecule has 1 aromatic carbocycles. The van der Waals surface area contributed by atoms with Crippen molar-refractivity contribution in [3.05, 3.63) is 28.5 Å². The molecule has 0 aliphatic carbocycles. The van der Waals surface area contributed by atoms with Crippen LogP contribution in [-0.2, 0) is 13.0 Å². The van der Waals surface area contributed by atoms with Crippen molar-refractivity contribution in [3.63, 3.8) is 0 Å². The van der Waals surface area contributed by atoms with E-state index in [-0.39, 0.29) is 0 Å². The Kier molecular flexibility index (Phi) is 3.07. The van der Waals surface area contributed by atoms with E-state index in [1.807, 2.05) is 12.1 Å². The highest BCUT2D eigenvalue weighted by molar-refractivity contribution is 9.10. The van der Waals surface area contributed by atoms with Gasteiger partial charge in [0.15, 0.2) is 0 Å². The molecule has 0 spiro atoms. The van der Waals surface area contributed by atoms with Crippen LogP contribution in [0, 0.1) is 0 Å². The van der Waals surface area contributed by atoms with Gasteiger partial charge in [-0.3, -0.25) is 0 Å². The average molecular weight is 268 g/mol. The number of hydrogen-bond acceptors (Lipinski definition) is 2. The van der Waals surface area contributed by atoms with Crippen LogP contribution in [0.2, 0.25) is 0 Å². The van der Waals surface area contributed by atoms with E-state index in [0.29, 0.717) is 6.54 Å². The van der Waals surface area contributed by atoms with Gasteiger partial charge in [-0.25, -0.2) is 4.98 Å². The summed E-state index contributed by atoms with van der Waals surface area (Å²) >= 11 is 3.52. The standard InChI is InChI=1S/C11H14BrN3/c1-2-10-14-11-8(12)4-3-5-9(11)15(10)7-6-13/h3-5H,2,6-7,13H2,1H3. The van der Waals surface area contributed by atoms with Crippen molar-refractivity contribution in [1.29, 1.82) is 0 Å². The molecule has 1 heterocycles. The molecular formula is C11H14BrN3. The van der Waals surface area contributed by atoms with Crippen molar-refractivity contribution in [2.24, 2.45) is 5.73 Å². The fourth-order valence-corrected chi connectivity index (χ4v) is 2.25. The predicted octanol–water partition coefficient (Wildman–Crippen LogP) is 2.32. The summed E-state index contributed by atoms with van der Waals surface area (Å²) in [6.45, 7) is 3.59. The minimum Gasteiger partial charge on any atom is -0.329 e. The molecule has 0 aliphatic rings. The molecule has 0 bridgehead atoms. The second-order valence-corrected chi connectivity index (χ2v) is 4.28. The van der Waals surface area contributed by atoms with E-state index in [2.05, 4.69) is 38.5 Å². The molecule has 15 heavy (non-hydrogen) atoms. The van der Waals surface area contributed by atoms with Crippen LogP contribution in [0.3, 0.4) is 0 Å². The van der Waals surface area contributed by atoms with Crippen LogP contribution in [0.25, 0.3) is 11.0 Å². The molecule has 0 aliphatic heterocycles. The number of halogens is 1. The minimum atomic E-state index is 0.644. The maximum absolute atomic E-state index is 5.61. The van der Waals surface area contributed by atoms with E-state index < -0.39 is 0 Å². The summed E-state index contributed by atoms with van der Waals surface area (Å²) in [6.07, 6.45) is 0.932. The molecule has 4 heteroatoms. The van der Waals surface area contributed by atoms with Gasteiger partial charge in [0.05, 0.1) is 5.52 Å². The smallest absolute Gasteiger partial charge is 0.109 e. The van der Waals surface area contributed by atoms with Crippen molar-refractivity contribution in [2.45, 2.75) is 19.9 Å². The Hall–Kier alpha value is -0.870. The van der Waals surface area contributed by atoms with Gasteiger partial charge in [-0.1, -0.05) is 13.0 Å². The first-order valence-electron chi connectivity index (χ1n) is 5.11. The Labute approximate surface area is 97.4 Å². The summed E-state index contributed by atoms with van der Waals surface area (Å²) in [7, 11) is 0. The molecule has 3 nitrogen and oxygen atoms in total. The largest absolute Gasteiger partial charge is 0.329 e. The van der Waals surface area contributed by atoms with Gasteiger partial charge in [-0.2, -0.15) is 0 Å². The first kappa shape index (κ1) is 10.6. The first-order chi connectivity index (χ1) is 7.27. The summed E-state index contributed by atoms with van der Waals surface area (Å²) in [4.78, 5) is 4.61. The SMILES string of the molecule is CCc1nc2c(Br)cccc2n1CCN. The minimum absolute atomic E-state index is 0.644. The first-order valence-corrected chi connectivity index (χ1v) is 5.91. The molecule has 0 saturated carbocycles. The average Bonchev–Trinajstić information content (AvgIpc) is 2.59. The molecule has 2 aromatic rings. The third kappa shape index (κ3) is 1.79. The topological polar surface area (TPSA) is 43.8 Å². The monoisotopic (exact) mass is 267 g/mol. The summed E-state index contributed by atoms with van der Waals surface area (Å²) in [6, 6.07) is 6.13. The van der Waals surface area contributed by atoms with Gasteiger partial charge in [0, 0.05) is 24.0 Å². The van der Waals surface area contributed by atoms with Crippen LogP contribution in [0.15, 0.2) is 22.7 Å². The van der Waals surface area contributed by atoms with Crippen LogP contribution in [-0.4, -0.2) is 16.1 Å². The van der Waals surface area contributed by atoms with E-state index in [4.69, 9.17) is 5.73 Å². The van der Waals surface area contributed by atoms with Gasteiger partial charge in [0.25, 0.3) is 0 Å². The fourth-order valence-electron chi connectivity index (χ4n) is 1.81. The maximum Gasteiger partial charge on any atom is 0.109 e. The van der Waals surface area contributed by atoms with Crippen LogP contribution in [0.1, 0.15) is 12.7 Å². The van der Waals surface area contributed by atoms with Gasteiger partial charge < -0.3 is 10.3 Å².